The quantitative estimate of drug-likeness (QED) is 0.662. The number of rotatable bonds is 0. The Morgan fingerprint density at radius 3 is 3.21 bits per heavy atom. The lowest BCUT2D eigenvalue weighted by Gasteiger charge is -2.23. The van der Waals surface area contributed by atoms with E-state index in [0.29, 0.717) is 0 Å². The molecular formula is C12H14N2. The Bertz CT molecular complexity index is 382. The predicted molar refractivity (Wildman–Crippen MR) is 59.4 cm³/mol. The molecule has 2 aliphatic heterocycles. The molecule has 0 aromatic heterocycles. The zero-order chi connectivity index (χ0) is 9.38. The average Bonchev–Trinajstić information content (AvgIpc) is 2.57. The molecule has 0 bridgehead atoms. The lowest BCUT2D eigenvalue weighted by atomic mass is 10.1. The number of anilines is 1. The first-order valence-corrected chi connectivity index (χ1v) is 5.22. The fourth-order valence-corrected chi connectivity index (χ4v) is 2.36. The number of para-hydroxylation sites is 1. The van der Waals surface area contributed by atoms with Crippen LogP contribution in [0.2, 0.25) is 0 Å². The molecular weight excluding hydrogens is 172 g/mol. The zero-order valence-electron chi connectivity index (χ0n) is 8.16. The van der Waals surface area contributed by atoms with E-state index in [2.05, 4.69) is 40.7 Å². The highest BCUT2D eigenvalue weighted by Gasteiger charge is 2.21. The molecule has 1 aromatic carbocycles. The molecule has 0 atom stereocenters. The Hall–Kier alpha value is -1.44. The van der Waals surface area contributed by atoms with Crippen LogP contribution in [0.5, 0.6) is 0 Å². The van der Waals surface area contributed by atoms with Gasteiger partial charge >= 0.3 is 0 Å². The second kappa shape index (κ2) is 3.05. The number of nitrogens with zero attached hydrogens (tertiary/aromatic N) is 1. The Balaban J connectivity index is 2.17. The van der Waals surface area contributed by atoms with Crippen LogP contribution in [0.3, 0.4) is 0 Å². The summed E-state index contributed by atoms with van der Waals surface area (Å²) in [5, 5.41) is 3.29. The van der Waals surface area contributed by atoms with Crippen molar-refractivity contribution in [3.8, 4) is 0 Å². The van der Waals surface area contributed by atoms with Crippen molar-refractivity contribution < 1.29 is 0 Å². The van der Waals surface area contributed by atoms with E-state index >= 15 is 0 Å². The summed E-state index contributed by atoms with van der Waals surface area (Å²) in [5.74, 6) is 0. The van der Waals surface area contributed by atoms with Crippen LogP contribution in [-0.2, 0) is 6.42 Å². The highest BCUT2D eigenvalue weighted by molar-refractivity contribution is 5.73. The minimum atomic E-state index is 1.05. The van der Waals surface area contributed by atoms with E-state index < -0.39 is 0 Å². The molecule has 0 saturated carbocycles. The minimum absolute atomic E-state index is 1.05. The van der Waals surface area contributed by atoms with E-state index in [0.717, 1.165) is 13.1 Å². The van der Waals surface area contributed by atoms with Crippen molar-refractivity contribution in [2.45, 2.75) is 6.42 Å². The van der Waals surface area contributed by atoms with Crippen LogP contribution < -0.4 is 10.2 Å². The highest BCUT2D eigenvalue weighted by atomic mass is 15.2. The summed E-state index contributed by atoms with van der Waals surface area (Å²) in [5.41, 5.74) is 4.33. The molecule has 1 aromatic rings. The Morgan fingerprint density at radius 1 is 1.21 bits per heavy atom. The zero-order valence-corrected chi connectivity index (χ0v) is 8.16. The van der Waals surface area contributed by atoms with Crippen molar-refractivity contribution in [2.24, 2.45) is 0 Å². The standard InChI is InChI=1S/C12H14N2/c1-2-10-4-6-13-7-9-14-8-5-11(3-1)12(10)14/h1-4,6,13H,5,7-9H2. The van der Waals surface area contributed by atoms with Crippen LogP contribution in [0.25, 0.3) is 6.08 Å². The van der Waals surface area contributed by atoms with Crippen LogP contribution in [-0.4, -0.2) is 19.6 Å². The van der Waals surface area contributed by atoms with Crippen LogP contribution in [0, 0.1) is 0 Å². The summed E-state index contributed by atoms with van der Waals surface area (Å²) in [6.45, 7) is 3.35. The van der Waals surface area contributed by atoms with Crippen molar-refractivity contribution in [3.63, 3.8) is 0 Å². The maximum Gasteiger partial charge on any atom is 0.0474 e. The molecule has 14 heavy (non-hydrogen) atoms. The second-order valence-electron chi connectivity index (χ2n) is 3.88. The van der Waals surface area contributed by atoms with Gasteiger partial charge in [0, 0.05) is 25.3 Å². The first-order valence-electron chi connectivity index (χ1n) is 5.22. The van der Waals surface area contributed by atoms with E-state index in [9.17, 15) is 0 Å². The van der Waals surface area contributed by atoms with E-state index in [4.69, 9.17) is 0 Å². The van der Waals surface area contributed by atoms with Crippen molar-refractivity contribution in [3.05, 3.63) is 35.5 Å². The summed E-state index contributed by atoms with van der Waals surface area (Å²) in [7, 11) is 0. The van der Waals surface area contributed by atoms with Gasteiger partial charge in [-0.25, -0.2) is 0 Å². The molecule has 0 radical (unpaired) electrons. The molecule has 3 rings (SSSR count). The minimum Gasteiger partial charge on any atom is -0.389 e. The lowest BCUT2D eigenvalue weighted by Crippen LogP contribution is -2.30. The summed E-state index contributed by atoms with van der Waals surface area (Å²) < 4.78 is 0. The molecule has 0 amide bonds. The van der Waals surface area contributed by atoms with Gasteiger partial charge in [0.05, 0.1) is 0 Å². The smallest absolute Gasteiger partial charge is 0.0474 e. The van der Waals surface area contributed by atoms with Gasteiger partial charge in [0.1, 0.15) is 0 Å². The molecule has 0 unspecified atom stereocenters. The number of benzene rings is 1. The van der Waals surface area contributed by atoms with Crippen molar-refractivity contribution >= 4 is 11.8 Å². The molecule has 72 valence electrons. The fourth-order valence-electron chi connectivity index (χ4n) is 2.36. The van der Waals surface area contributed by atoms with Gasteiger partial charge in [-0.3, -0.25) is 0 Å². The van der Waals surface area contributed by atoms with Crippen molar-refractivity contribution in [1.82, 2.24) is 5.32 Å². The van der Waals surface area contributed by atoms with Gasteiger partial charge < -0.3 is 10.2 Å². The molecule has 0 fully saturated rings. The van der Waals surface area contributed by atoms with Gasteiger partial charge in [0.2, 0.25) is 0 Å². The monoisotopic (exact) mass is 186 g/mol. The predicted octanol–water partition coefficient (Wildman–Crippen LogP) is 1.62. The maximum absolute atomic E-state index is 3.29. The molecule has 2 aliphatic rings. The van der Waals surface area contributed by atoms with E-state index in [1.807, 2.05) is 0 Å². The van der Waals surface area contributed by atoms with E-state index in [1.165, 1.54) is 29.8 Å². The van der Waals surface area contributed by atoms with Crippen molar-refractivity contribution in [1.29, 1.82) is 0 Å². The SMILES string of the molecule is C1=Cc2cccc3c2N(CCN1)CC3. The van der Waals surface area contributed by atoms with Gasteiger partial charge in [0.25, 0.3) is 0 Å². The largest absolute Gasteiger partial charge is 0.389 e. The van der Waals surface area contributed by atoms with Crippen LogP contribution >= 0.6 is 0 Å². The summed E-state index contributed by atoms with van der Waals surface area (Å²) in [6.07, 6.45) is 5.44. The Labute approximate surface area is 84.2 Å². The van der Waals surface area contributed by atoms with Crippen LogP contribution in [0.4, 0.5) is 5.69 Å². The van der Waals surface area contributed by atoms with Crippen molar-refractivity contribution in [2.75, 3.05) is 24.5 Å². The van der Waals surface area contributed by atoms with Gasteiger partial charge in [-0.05, 0) is 29.8 Å². The molecule has 2 heteroatoms. The summed E-state index contributed by atoms with van der Waals surface area (Å²) in [4.78, 5) is 2.49. The normalized spacial score (nSPS) is 18.4. The Kier molecular flexibility index (Phi) is 1.72. The van der Waals surface area contributed by atoms with E-state index in [1.54, 1.807) is 0 Å². The van der Waals surface area contributed by atoms with E-state index in [-0.39, 0.29) is 0 Å². The van der Waals surface area contributed by atoms with Gasteiger partial charge in [-0.15, -0.1) is 0 Å². The third-order valence-electron chi connectivity index (χ3n) is 3.02. The molecule has 0 saturated heterocycles. The molecule has 0 spiro atoms. The first kappa shape index (κ1) is 7.92. The Morgan fingerprint density at radius 2 is 2.21 bits per heavy atom. The average molecular weight is 186 g/mol. The third-order valence-corrected chi connectivity index (χ3v) is 3.02. The topological polar surface area (TPSA) is 15.3 Å². The first-order chi connectivity index (χ1) is 6.95. The fraction of sp³-hybridized carbons (Fsp3) is 0.333. The second-order valence-corrected chi connectivity index (χ2v) is 3.88. The molecule has 0 aliphatic carbocycles. The third kappa shape index (κ3) is 1.10. The lowest BCUT2D eigenvalue weighted by molar-refractivity contribution is 0.761. The van der Waals surface area contributed by atoms with Crippen LogP contribution in [0.15, 0.2) is 24.4 Å². The summed E-state index contributed by atoms with van der Waals surface area (Å²) >= 11 is 0. The number of hydrogen-bond donors (Lipinski definition) is 1. The highest BCUT2D eigenvalue weighted by Crippen LogP contribution is 2.32. The van der Waals surface area contributed by atoms with Crippen LogP contribution in [0.1, 0.15) is 11.1 Å². The summed E-state index contributed by atoms with van der Waals surface area (Å²) in [6, 6.07) is 6.60. The maximum atomic E-state index is 3.29. The van der Waals surface area contributed by atoms with Gasteiger partial charge in [-0.1, -0.05) is 18.2 Å². The van der Waals surface area contributed by atoms with Gasteiger partial charge in [0.15, 0.2) is 0 Å². The molecule has 2 nitrogen and oxygen atoms in total. The molecule has 2 heterocycles. The molecule has 1 N–H and O–H groups in total. The number of hydrogen-bond acceptors (Lipinski definition) is 2. The number of nitrogens with one attached hydrogen (secondary N) is 1. The van der Waals surface area contributed by atoms with Gasteiger partial charge in [-0.2, -0.15) is 0 Å².